The van der Waals surface area contributed by atoms with E-state index in [4.69, 9.17) is 22.2 Å². The van der Waals surface area contributed by atoms with Crippen LogP contribution in [-0.4, -0.2) is 20.6 Å². The quantitative estimate of drug-likeness (QED) is 0.432. The lowest BCUT2D eigenvalue weighted by Crippen LogP contribution is -2.15. The molecule has 25 heavy (non-hydrogen) atoms. The molecule has 7 heteroatoms. The van der Waals surface area contributed by atoms with Crippen LogP contribution in [0.4, 0.5) is 0 Å². The molecule has 6 nitrogen and oxygen atoms in total. The van der Waals surface area contributed by atoms with Gasteiger partial charge in [0.2, 0.25) is 0 Å². The number of oxime groups is 1. The third kappa shape index (κ3) is 3.97. The highest BCUT2D eigenvalue weighted by Gasteiger charge is 2.07. The molecule has 0 amide bonds. The second-order valence-corrected chi connectivity index (χ2v) is 5.99. The first kappa shape index (κ1) is 17.0. The van der Waals surface area contributed by atoms with Crippen LogP contribution in [0.1, 0.15) is 22.5 Å². The Labute approximate surface area is 150 Å². The molecule has 1 aromatic carbocycles. The number of halogens is 1. The minimum atomic E-state index is 0.248. The Balaban J connectivity index is 1.69. The Morgan fingerprint density at radius 2 is 2.04 bits per heavy atom. The van der Waals surface area contributed by atoms with Crippen LogP contribution in [0.3, 0.4) is 0 Å². The third-order valence-corrected chi connectivity index (χ3v) is 3.98. The van der Waals surface area contributed by atoms with Crippen molar-refractivity contribution in [2.45, 2.75) is 20.5 Å². The minimum absolute atomic E-state index is 0.248. The first-order valence-electron chi connectivity index (χ1n) is 7.73. The normalized spacial score (nSPS) is 11.6. The van der Waals surface area contributed by atoms with E-state index in [1.807, 2.05) is 50.2 Å². The number of hydrogen-bond donors (Lipinski definition) is 1. The number of aryl methyl sites for hydroxylation is 2. The van der Waals surface area contributed by atoms with E-state index in [1.165, 1.54) is 0 Å². The van der Waals surface area contributed by atoms with E-state index >= 15 is 0 Å². The highest BCUT2D eigenvalue weighted by molar-refractivity contribution is 6.31. The summed E-state index contributed by atoms with van der Waals surface area (Å²) in [6.07, 6.45) is 1.64. The van der Waals surface area contributed by atoms with Crippen LogP contribution in [0.5, 0.6) is 0 Å². The van der Waals surface area contributed by atoms with Crippen molar-refractivity contribution in [1.82, 2.24) is 14.8 Å². The van der Waals surface area contributed by atoms with Gasteiger partial charge >= 0.3 is 0 Å². The van der Waals surface area contributed by atoms with Gasteiger partial charge in [-0.2, -0.15) is 5.10 Å². The molecule has 0 fully saturated rings. The highest BCUT2D eigenvalue weighted by Crippen LogP contribution is 2.16. The first-order chi connectivity index (χ1) is 12.0. The van der Waals surface area contributed by atoms with Crippen LogP contribution >= 0.6 is 11.6 Å². The van der Waals surface area contributed by atoms with E-state index in [1.54, 1.807) is 16.9 Å². The van der Waals surface area contributed by atoms with Gasteiger partial charge in [0.25, 0.3) is 0 Å². The number of aromatic nitrogens is 3. The molecule has 0 bridgehead atoms. The van der Waals surface area contributed by atoms with Crippen molar-refractivity contribution in [3.63, 3.8) is 0 Å². The summed E-state index contributed by atoms with van der Waals surface area (Å²) >= 11 is 6.07. The van der Waals surface area contributed by atoms with Crippen LogP contribution in [0.25, 0.3) is 5.82 Å². The van der Waals surface area contributed by atoms with E-state index in [9.17, 15) is 0 Å². The molecular weight excluding hydrogens is 338 g/mol. The number of nitrogens with zero attached hydrogens (tertiary/aromatic N) is 4. The average molecular weight is 356 g/mol. The van der Waals surface area contributed by atoms with Crippen molar-refractivity contribution in [2.24, 2.45) is 10.9 Å². The molecule has 0 aliphatic carbocycles. The lowest BCUT2D eigenvalue weighted by atomic mass is 10.2. The topological polar surface area (TPSA) is 78.3 Å². The van der Waals surface area contributed by atoms with Crippen molar-refractivity contribution in [3.05, 3.63) is 76.2 Å². The van der Waals surface area contributed by atoms with Gasteiger partial charge in [0.15, 0.2) is 11.7 Å². The van der Waals surface area contributed by atoms with Gasteiger partial charge in [0, 0.05) is 28.0 Å². The van der Waals surface area contributed by atoms with Crippen LogP contribution in [0, 0.1) is 13.8 Å². The smallest absolute Gasteiger partial charge is 0.171 e. The summed E-state index contributed by atoms with van der Waals surface area (Å²) < 4.78 is 1.78. The summed E-state index contributed by atoms with van der Waals surface area (Å²) in [5.41, 5.74) is 9.42. The fourth-order valence-electron chi connectivity index (χ4n) is 2.36. The van der Waals surface area contributed by atoms with Crippen molar-refractivity contribution in [2.75, 3.05) is 0 Å². The monoisotopic (exact) mass is 355 g/mol. The maximum atomic E-state index is 6.07. The molecule has 3 rings (SSSR count). The number of amidine groups is 1. The van der Waals surface area contributed by atoms with E-state index in [-0.39, 0.29) is 12.4 Å². The summed E-state index contributed by atoms with van der Waals surface area (Å²) in [6, 6.07) is 13.1. The fraction of sp³-hybridized carbons (Fsp3) is 0.167. The highest BCUT2D eigenvalue weighted by atomic mass is 35.5. The second-order valence-electron chi connectivity index (χ2n) is 5.59. The Morgan fingerprint density at radius 3 is 2.68 bits per heavy atom. The fourth-order valence-corrected chi connectivity index (χ4v) is 2.55. The summed E-state index contributed by atoms with van der Waals surface area (Å²) in [4.78, 5) is 9.67. The molecule has 0 radical (unpaired) electrons. The van der Waals surface area contributed by atoms with Gasteiger partial charge in [0.1, 0.15) is 6.61 Å². The molecular formula is C18H18ClN5O. The van der Waals surface area contributed by atoms with Gasteiger partial charge in [-0.1, -0.05) is 35.0 Å². The third-order valence-electron chi connectivity index (χ3n) is 3.61. The maximum absolute atomic E-state index is 6.07. The lowest BCUT2D eigenvalue weighted by Gasteiger charge is -2.06. The molecule has 0 saturated heterocycles. The number of rotatable bonds is 5. The molecule has 3 aromatic rings. The molecule has 0 aliphatic rings. The Morgan fingerprint density at radius 1 is 1.24 bits per heavy atom. The van der Waals surface area contributed by atoms with Crippen LogP contribution in [-0.2, 0) is 11.4 Å². The number of nitrogens with two attached hydrogens (primary N) is 1. The van der Waals surface area contributed by atoms with Gasteiger partial charge in [-0.05, 0) is 38.1 Å². The summed E-state index contributed by atoms with van der Waals surface area (Å²) in [7, 11) is 0. The zero-order valence-electron chi connectivity index (χ0n) is 14.0. The van der Waals surface area contributed by atoms with Crippen LogP contribution in [0.2, 0.25) is 5.02 Å². The zero-order valence-corrected chi connectivity index (χ0v) is 14.7. The Hall–Kier alpha value is -2.86. The largest absolute Gasteiger partial charge is 0.389 e. The van der Waals surface area contributed by atoms with Gasteiger partial charge in [-0.25, -0.2) is 9.67 Å². The van der Waals surface area contributed by atoms with Gasteiger partial charge in [-0.15, -0.1) is 0 Å². The first-order valence-corrected chi connectivity index (χ1v) is 8.11. The van der Waals surface area contributed by atoms with Gasteiger partial charge in [0.05, 0.1) is 5.69 Å². The Bertz CT molecular complexity index is 902. The second kappa shape index (κ2) is 7.36. The molecule has 2 heterocycles. The average Bonchev–Trinajstić information content (AvgIpc) is 2.95. The molecule has 128 valence electrons. The van der Waals surface area contributed by atoms with Crippen molar-refractivity contribution in [1.29, 1.82) is 0 Å². The standard InChI is InChI=1S/C18H18ClN5O/c1-12-9-13(2)24(22-12)17-8-7-14(10-21-17)18(20)23-25-11-15-5-3-4-6-16(15)19/h3-10H,11H2,1-2H3,(H2,20,23). The van der Waals surface area contributed by atoms with E-state index in [0.29, 0.717) is 10.6 Å². The van der Waals surface area contributed by atoms with Gasteiger partial charge in [-0.3, -0.25) is 0 Å². The number of benzene rings is 1. The summed E-state index contributed by atoms with van der Waals surface area (Å²) in [5, 5.41) is 8.96. The minimum Gasteiger partial charge on any atom is -0.389 e. The molecule has 0 spiro atoms. The molecule has 2 N–H and O–H groups in total. The van der Waals surface area contributed by atoms with E-state index in [0.717, 1.165) is 22.8 Å². The van der Waals surface area contributed by atoms with Gasteiger partial charge < -0.3 is 10.6 Å². The number of pyridine rings is 1. The van der Waals surface area contributed by atoms with E-state index in [2.05, 4.69) is 15.2 Å². The maximum Gasteiger partial charge on any atom is 0.171 e. The summed E-state index contributed by atoms with van der Waals surface area (Å²) in [6.45, 7) is 4.17. The van der Waals surface area contributed by atoms with Crippen LogP contribution < -0.4 is 5.73 Å². The number of hydrogen-bond acceptors (Lipinski definition) is 4. The predicted octanol–water partition coefficient (Wildman–Crippen LogP) is 3.37. The molecule has 2 aromatic heterocycles. The van der Waals surface area contributed by atoms with Crippen molar-refractivity contribution in [3.8, 4) is 5.82 Å². The lowest BCUT2D eigenvalue weighted by molar-refractivity contribution is 0.130. The SMILES string of the molecule is Cc1cc(C)n(-c2ccc(/C(N)=N\OCc3ccccc3Cl)cn2)n1. The molecule has 0 unspecified atom stereocenters. The van der Waals surface area contributed by atoms with Crippen molar-refractivity contribution < 1.29 is 4.84 Å². The predicted molar refractivity (Wildman–Crippen MR) is 97.8 cm³/mol. The van der Waals surface area contributed by atoms with Crippen LogP contribution in [0.15, 0.2) is 53.8 Å². The zero-order chi connectivity index (χ0) is 17.8. The molecule has 0 atom stereocenters. The Kier molecular flexibility index (Phi) is 5.00. The molecule has 0 saturated carbocycles. The van der Waals surface area contributed by atoms with Crippen molar-refractivity contribution >= 4 is 17.4 Å². The van der Waals surface area contributed by atoms with E-state index < -0.39 is 0 Å². The summed E-state index contributed by atoms with van der Waals surface area (Å²) in [5.74, 6) is 0.971. The molecule has 0 aliphatic heterocycles.